The molecule has 1 aromatic carbocycles. The number of aryl methyl sites for hydroxylation is 1. The molecular weight excluding hydrogens is 186 g/mol. The van der Waals surface area contributed by atoms with Crippen LogP contribution >= 0.6 is 23.2 Å². The highest BCUT2D eigenvalue weighted by Gasteiger charge is 2.03. The molecule has 0 saturated carbocycles. The molecule has 0 aliphatic carbocycles. The van der Waals surface area contributed by atoms with Gasteiger partial charge in [0, 0.05) is 10.6 Å². The highest BCUT2D eigenvalue weighted by Crippen LogP contribution is 2.20. The zero-order valence-electron chi connectivity index (χ0n) is 6.00. The van der Waals surface area contributed by atoms with Crippen LogP contribution in [0, 0.1) is 12.7 Å². The van der Waals surface area contributed by atoms with Crippen LogP contribution in [0.4, 0.5) is 4.39 Å². The zero-order valence-corrected chi connectivity index (χ0v) is 7.51. The first-order valence-corrected chi connectivity index (χ1v) is 4.07. The lowest BCUT2D eigenvalue weighted by Crippen LogP contribution is -1.87. The van der Waals surface area contributed by atoms with Gasteiger partial charge in [-0.05, 0) is 18.6 Å². The second-order valence-corrected chi connectivity index (χ2v) is 3.00. The van der Waals surface area contributed by atoms with Gasteiger partial charge in [-0.15, -0.1) is 11.6 Å². The molecule has 0 aliphatic heterocycles. The Balaban J connectivity index is 3.21. The van der Waals surface area contributed by atoms with Crippen molar-refractivity contribution in [2.75, 3.05) is 0 Å². The van der Waals surface area contributed by atoms with E-state index in [0.29, 0.717) is 10.6 Å². The highest BCUT2D eigenvalue weighted by atomic mass is 35.5. The predicted octanol–water partition coefficient (Wildman–Crippen LogP) is 3.53. The van der Waals surface area contributed by atoms with Crippen molar-refractivity contribution in [3.8, 4) is 0 Å². The summed E-state index contributed by atoms with van der Waals surface area (Å²) in [6.45, 7) is 1.82. The minimum absolute atomic E-state index is 0.184. The zero-order chi connectivity index (χ0) is 8.43. The summed E-state index contributed by atoms with van der Waals surface area (Å²) >= 11 is 11.1. The molecule has 0 unspecified atom stereocenters. The normalized spacial score (nSPS) is 10.2. The van der Waals surface area contributed by atoms with Crippen molar-refractivity contribution >= 4 is 23.2 Å². The molecule has 0 heterocycles. The SMILES string of the molecule is Cc1cc(CCl)c(F)cc1Cl. The second-order valence-electron chi connectivity index (χ2n) is 2.33. The number of rotatable bonds is 1. The summed E-state index contributed by atoms with van der Waals surface area (Å²) in [4.78, 5) is 0. The van der Waals surface area contributed by atoms with Crippen LogP contribution in [-0.2, 0) is 5.88 Å². The number of alkyl halides is 1. The average molecular weight is 193 g/mol. The maximum Gasteiger partial charge on any atom is 0.129 e. The summed E-state index contributed by atoms with van der Waals surface area (Å²) < 4.78 is 12.9. The van der Waals surface area contributed by atoms with Gasteiger partial charge in [0.2, 0.25) is 0 Å². The van der Waals surface area contributed by atoms with E-state index in [4.69, 9.17) is 23.2 Å². The van der Waals surface area contributed by atoms with Crippen molar-refractivity contribution in [2.24, 2.45) is 0 Å². The molecule has 0 bridgehead atoms. The quantitative estimate of drug-likeness (QED) is 0.598. The maximum atomic E-state index is 12.9. The molecule has 0 N–H and O–H groups in total. The second kappa shape index (κ2) is 3.42. The summed E-state index contributed by atoms with van der Waals surface area (Å²) in [7, 11) is 0. The minimum atomic E-state index is -0.337. The van der Waals surface area contributed by atoms with Gasteiger partial charge in [-0.1, -0.05) is 17.7 Å². The molecule has 0 amide bonds. The summed E-state index contributed by atoms with van der Waals surface area (Å²) in [5.41, 5.74) is 1.34. The van der Waals surface area contributed by atoms with Crippen LogP contribution in [0.5, 0.6) is 0 Å². The van der Waals surface area contributed by atoms with Crippen molar-refractivity contribution in [1.29, 1.82) is 0 Å². The molecule has 0 atom stereocenters. The van der Waals surface area contributed by atoms with Crippen LogP contribution < -0.4 is 0 Å². The lowest BCUT2D eigenvalue weighted by molar-refractivity contribution is 0.616. The molecule has 1 rings (SSSR count). The van der Waals surface area contributed by atoms with Gasteiger partial charge in [0.1, 0.15) is 5.82 Å². The Labute approximate surface area is 74.9 Å². The first kappa shape index (κ1) is 8.82. The Morgan fingerprint density at radius 3 is 2.64 bits per heavy atom. The number of halogens is 3. The van der Waals surface area contributed by atoms with Crippen LogP contribution in [0.25, 0.3) is 0 Å². The van der Waals surface area contributed by atoms with Gasteiger partial charge in [0.05, 0.1) is 5.88 Å². The number of benzene rings is 1. The smallest absolute Gasteiger partial charge is 0.129 e. The summed E-state index contributed by atoms with van der Waals surface area (Å²) in [6, 6.07) is 2.94. The summed E-state index contributed by atoms with van der Waals surface area (Å²) in [5.74, 6) is -0.153. The fraction of sp³-hybridized carbons (Fsp3) is 0.250. The first-order chi connectivity index (χ1) is 5.15. The Morgan fingerprint density at radius 1 is 1.45 bits per heavy atom. The standard InChI is InChI=1S/C8H7Cl2F/c1-5-2-6(4-9)8(11)3-7(5)10/h2-3H,4H2,1H3. The van der Waals surface area contributed by atoms with Gasteiger partial charge in [-0.3, -0.25) is 0 Å². The Hall–Kier alpha value is -0.270. The first-order valence-electron chi connectivity index (χ1n) is 3.15. The van der Waals surface area contributed by atoms with Crippen LogP contribution in [0.3, 0.4) is 0 Å². The van der Waals surface area contributed by atoms with Crippen LogP contribution in [0.2, 0.25) is 5.02 Å². The molecule has 0 saturated heterocycles. The van der Waals surface area contributed by atoms with Gasteiger partial charge >= 0.3 is 0 Å². The number of hydrogen-bond donors (Lipinski definition) is 0. The number of hydrogen-bond acceptors (Lipinski definition) is 0. The Kier molecular flexibility index (Phi) is 2.74. The van der Waals surface area contributed by atoms with Gasteiger partial charge in [0.25, 0.3) is 0 Å². The Morgan fingerprint density at radius 2 is 2.09 bits per heavy atom. The van der Waals surface area contributed by atoms with E-state index in [9.17, 15) is 4.39 Å². The van der Waals surface area contributed by atoms with Crippen LogP contribution in [0.1, 0.15) is 11.1 Å². The largest absolute Gasteiger partial charge is 0.207 e. The molecular formula is C8H7Cl2F. The molecule has 0 aromatic heterocycles. The van der Waals surface area contributed by atoms with E-state index in [1.807, 2.05) is 6.92 Å². The summed E-state index contributed by atoms with van der Waals surface area (Å²) in [5, 5.41) is 0.441. The van der Waals surface area contributed by atoms with Crippen LogP contribution in [0.15, 0.2) is 12.1 Å². The summed E-state index contributed by atoms with van der Waals surface area (Å²) in [6.07, 6.45) is 0. The van der Waals surface area contributed by atoms with E-state index in [0.717, 1.165) is 5.56 Å². The molecule has 0 nitrogen and oxygen atoms in total. The third-order valence-electron chi connectivity index (χ3n) is 1.47. The minimum Gasteiger partial charge on any atom is -0.207 e. The lowest BCUT2D eigenvalue weighted by atomic mass is 10.1. The van der Waals surface area contributed by atoms with Crippen molar-refractivity contribution < 1.29 is 4.39 Å². The van der Waals surface area contributed by atoms with Crippen molar-refractivity contribution in [1.82, 2.24) is 0 Å². The molecule has 0 aliphatic rings. The van der Waals surface area contributed by atoms with Gasteiger partial charge < -0.3 is 0 Å². The maximum absolute atomic E-state index is 12.9. The molecule has 0 fully saturated rings. The van der Waals surface area contributed by atoms with Gasteiger partial charge in [-0.25, -0.2) is 4.39 Å². The van der Waals surface area contributed by atoms with E-state index in [2.05, 4.69) is 0 Å². The third kappa shape index (κ3) is 1.85. The molecule has 0 spiro atoms. The fourth-order valence-corrected chi connectivity index (χ4v) is 1.17. The predicted molar refractivity (Wildman–Crippen MR) is 45.7 cm³/mol. The lowest BCUT2D eigenvalue weighted by Gasteiger charge is -2.01. The molecule has 1 aromatic rings. The molecule has 3 heteroatoms. The van der Waals surface area contributed by atoms with Gasteiger partial charge in [-0.2, -0.15) is 0 Å². The van der Waals surface area contributed by atoms with Crippen LogP contribution in [-0.4, -0.2) is 0 Å². The topological polar surface area (TPSA) is 0 Å². The molecule has 0 radical (unpaired) electrons. The fourth-order valence-electron chi connectivity index (χ4n) is 0.819. The third-order valence-corrected chi connectivity index (χ3v) is 2.17. The highest BCUT2D eigenvalue weighted by molar-refractivity contribution is 6.31. The average Bonchev–Trinajstić information content (AvgIpc) is 1.97. The van der Waals surface area contributed by atoms with Crippen molar-refractivity contribution in [3.05, 3.63) is 34.1 Å². The Bertz CT molecular complexity index is 271. The molecule has 60 valence electrons. The molecule has 11 heavy (non-hydrogen) atoms. The van der Waals surface area contributed by atoms with E-state index in [1.165, 1.54) is 6.07 Å². The monoisotopic (exact) mass is 192 g/mol. The van der Waals surface area contributed by atoms with E-state index in [-0.39, 0.29) is 11.7 Å². The van der Waals surface area contributed by atoms with E-state index >= 15 is 0 Å². The van der Waals surface area contributed by atoms with Crippen molar-refractivity contribution in [3.63, 3.8) is 0 Å². The van der Waals surface area contributed by atoms with Crippen molar-refractivity contribution in [2.45, 2.75) is 12.8 Å². The van der Waals surface area contributed by atoms with E-state index < -0.39 is 0 Å². The van der Waals surface area contributed by atoms with E-state index in [1.54, 1.807) is 6.07 Å². The van der Waals surface area contributed by atoms with Gasteiger partial charge in [0.15, 0.2) is 0 Å².